The molecule has 0 aliphatic carbocycles. The first-order valence-electron chi connectivity index (χ1n) is 25.1. The predicted octanol–water partition coefficient (Wildman–Crippen LogP) is 18.6. The highest BCUT2D eigenvalue weighted by molar-refractivity contribution is 6.42. The van der Waals surface area contributed by atoms with E-state index in [0.717, 1.165) is 11.1 Å². The first-order valence-corrected chi connectivity index (χ1v) is 27.3. The van der Waals surface area contributed by atoms with Crippen molar-refractivity contribution < 1.29 is 52.7 Å². The lowest BCUT2D eigenvalue weighted by Crippen LogP contribution is -2.23. The van der Waals surface area contributed by atoms with Crippen molar-refractivity contribution >= 4 is 105 Å². The Morgan fingerprint density at radius 2 is 0.651 bits per heavy atom. The third-order valence-corrected chi connectivity index (χ3v) is 15.2. The minimum absolute atomic E-state index is 0.0153. The fraction of sp³-hybridized carbons (Fsp3) is 0.0455. The van der Waals surface area contributed by atoms with E-state index < -0.39 is 24.1 Å². The summed E-state index contributed by atoms with van der Waals surface area (Å²) in [5.74, 6) is -0.471. The molecule has 0 fully saturated rings. The fourth-order valence-electron chi connectivity index (χ4n) is 9.17. The van der Waals surface area contributed by atoms with E-state index in [2.05, 4.69) is 0 Å². The molecule has 12 rings (SSSR count). The van der Waals surface area contributed by atoms with Crippen molar-refractivity contribution in [3.05, 3.63) is 297 Å². The molecule has 3 heterocycles. The van der Waals surface area contributed by atoms with Gasteiger partial charge in [0.25, 0.3) is 0 Å². The lowest BCUT2D eigenvalue weighted by atomic mass is 9.89. The molecular formula is C66H40Cl6F2O9. The van der Waals surface area contributed by atoms with Crippen molar-refractivity contribution in [3.63, 3.8) is 0 Å². The van der Waals surface area contributed by atoms with E-state index in [1.807, 2.05) is 24.3 Å². The Morgan fingerprint density at radius 1 is 0.337 bits per heavy atom. The number of rotatable bonds is 6. The second kappa shape index (κ2) is 25.0. The number of phenolic OH excluding ortho intramolecular Hbond substituents is 3. The molecule has 0 aromatic heterocycles. The predicted molar refractivity (Wildman–Crippen MR) is 320 cm³/mol. The van der Waals surface area contributed by atoms with Crippen LogP contribution in [0.1, 0.15) is 82.8 Å². The summed E-state index contributed by atoms with van der Waals surface area (Å²) in [6.45, 7) is 0. The van der Waals surface area contributed by atoms with Crippen LogP contribution in [-0.2, 0) is 0 Å². The highest BCUT2D eigenvalue weighted by atomic mass is 35.5. The molecule has 3 aliphatic rings. The molecule has 0 saturated carbocycles. The zero-order chi connectivity index (χ0) is 58.6. The average molecular weight is 1230 g/mol. The van der Waals surface area contributed by atoms with Gasteiger partial charge in [0.05, 0.1) is 36.8 Å². The van der Waals surface area contributed by atoms with Crippen molar-refractivity contribution in [2.75, 3.05) is 0 Å². The molecule has 0 amide bonds. The van der Waals surface area contributed by atoms with E-state index in [0.29, 0.717) is 91.9 Å². The largest absolute Gasteiger partial charge is 0.508 e. The molecule has 3 unspecified atom stereocenters. The molecule has 3 aliphatic heterocycles. The Kier molecular flexibility index (Phi) is 17.4. The number of benzene rings is 9. The van der Waals surface area contributed by atoms with Gasteiger partial charge in [-0.1, -0.05) is 130 Å². The van der Waals surface area contributed by atoms with Gasteiger partial charge in [0.1, 0.15) is 46.1 Å². The number of aromatic hydroxyl groups is 3. The first-order chi connectivity index (χ1) is 39.8. The summed E-state index contributed by atoms with van der Waals surface area (Å²) >= 11 is 36.3. The van der Waals surface area contributed by atoms with Gasteiger partial charge in [0, 0.05) is 26.8 Å². The SMILES string of the molecule is O=C1C(=Cc2ccc(Cl)c(Cl)c2)C(c2ccc(Cl)c(Cl)c2)Oc2ccc(O)cc21.O=C1C(=Cc2ccc(Cl)cc2)C(c2ccc(Cl)cc2)Oc2ccc(O)cc21.O=C1C(=Cc2ccc(F)cc2)C(c2ccc(F)cc2)Oc2ccc(O)cc21. The number of hydrogen-bond donors (Lipinski definition) is 3. The molecule has 0 spiro atoms. The van der Waals surface area contributed by atoms with Gasteiger partial charge in [-0.2, -0.15) is 0 Å². The number of ketones is 3. The second-order valence-corrected chi connectivity index (χ2v) is 21.4. The quantitative estimate of drug-likeness (QED) is 0.139. The van der Waals surface area contributed by atoms with Crippen LogP contribution in [0.2, 0.25) is 30.1 Å². The number of ether oxygens (including phenoxy) is 3. The van der Waals surface area contributed by atoms with Gasteiger partial charge in [0.2, 0.25) is 0 Å². The Hall–Kier alpha value is -8.39. The molecule has 9 aromatic carbocycles. The van der Waals surface area contributed by atoms with Crippen LogP contribution in [-0.4, -0.2) is 32.7 Å². The Morgan fingerprint density at radius 3 is 1.06 bits per heavy atom. The van der Waals surface area contributed by atoms with E-state index in [-0.39, 0.29) is 51.5 Å². The number of fused-ring (bicyclic) bond motifs is 3. The molecular weight excluding hydrogens is 1190 g/mol. The number of hydrogen-bond acceptors (Lipinski definition) is 9. The first kappa shape index (κ1) is 57.8. The minimum atomic E-state index is -0.750. The molecule has 0 bridgehead atoms. The molecule has 414 valence electrons. The molecule has 0 radical (unpaired) electrons. The van der Waals surface area contributed by atoms with Gasteiger partial charge in [-0.25, -0.2) is 8.78 Å². The summed E-state index contributed by atoms with van der Waals surface area (Å²) < 4.78 is 44.7. The molecule has 9 nitrogen and oxygen atoms in total. The van der Waals surface area contributed by atoms with Crippen molar-refractivity contribution in [2.45, 2.75) is 18.3 Å². The molecule has 0 saturated heterocycles. The maximum atomic E-state index is 13.3. The molecule has 17 heteroatoms. The van der Waals surface area contributed by atoms with Gasteiger partial charge in [-0.05, 0) is 179 Å². The summed E-state index contributed by atoms with van der Waals surface area (Å²) in [6.07, 6.45) is 3.03. The highest BCUT2D eigenvalue weighted by Gasteiger charge is 2.36. The van der Waals surface area contributed by atoms with Gasteiger partial charge < -0.3 is 29.5 Å². The fourth-order valence-corrected chi connectivity index (χ4v) is 10.0. The summed E-state index contributed by atoms with van der Waals surface area (Å²) in [4.78, 5) is 39.5. The number of halogens is 8. The van der Waals surface area contributed by atoms with Crippen molar-refractivity contribution in [2.24, 2.45) is 0 Å². The number of carbonyl (C=O) groups excluding carboxylic acids is 3. The van der Waals surface area contributed by atoms with Crippen LogP contribution in [0.15, 0.2) is 205 Å². The van der Waals surface area contributed by atoms with E-state index in [4.69, 9.17) is 83.8 Å². The van der Waals surface area contributed by atoms with Gasteiger partial charge in [0.15, 0.2) is 35.7 Å². The van der Waals surface area contributed by atoms with Gasteiger partial charge in [-0.3, -0.25) is 14.4 Å². The zero-order valence-corrected chi connectivity index (χ0v) is 47.2. The summed E-state index contributed by atoms with van der Waals surface area (Å²) in [5.41, 5.74) is 6.20. The number of carbonyl (C=O) groups is 3. The van der Waals surface area contributed by atoms with Crippen molar-refractivity contribution in [3.8, 4) is 34.5 Å². The van der Waals surface area contributed by atoms with Crippen LogP contribution in [0, 0.1) is 11.6 Å². The van der Waals surface area contributed by atoms with E-state index in [9.17, 15) is 38.5 Å². The second-order valence-electron chi connectivity index (χ2n) is 18.9. The smallest absolute Gasteiger partial charge is 0.196 e. The lowest BCUT2D eigenvalue weighted by Gasteiger charge is -2.28. The van der Waals surface area contributed by atoms with Crippen LogP contribution in [0.25, 0.3) is 18.2 Å². The van der Waals surface area contributed by atoms with E-state index in [1.165, 1.54) is 66.7 Å². The van der Waals surface area contributed by atoms with Crippen LogP contribution in [0.4, 0.5) is 8.78 Å². The topological polar surface area (TPSA) is 140 Å². The summed E-state index contributed by atoms with van der Waals surface area (Å²) in [5, 5.41) is 32.1. The Labute approximate surface area is 504 Å². The van der Waals surface area contributed by atoms with Crippen LogP contribution in [0.3, 0.4) is 0 Å². The molecule has 9 aromatic rings. The maximum Gasteiger partial charge on any atom is 0.196 e. The third-order valence-electron chi connectivity index (χ3n) is 13.2. The zero-order valence-electron chi connectivity index (χ0n) is 42.7. The van der Waals surface area contributed by atoms with Crippen molar-refractivity contribution in [1.29, 1.82) is 0 Å². The standard InChI is InChI=1S/C22H12Cl4O3.C22H14Cl2O3.C22H14F2O3/c23-16-4-1-11(8-18(16)25)7-15-21(28)14-10-13(27)3-6-20(14)29-22(15)12-2-5-17(24)19(26)9-12;2*23-15-5-1-13(2-6-15)11-19-21(26)18-12-17(25)9-10-20(18)27-22(19)14-3-7-16(24)8-4-14/h1-10,22,27H;2*1-12,22,25H. The number of phenols is 3. The average Bonchev–Trinajstić information content (AvgIpc) is 3.47. The number of Topliss-reactive ketones (excluding diaryl/α,β-unsaturated/α-hetero) is 3. The van der Waals surface area contributed by atoms with E-state index in [1.54, 1.807) is 115 Å². The summed E-state index contributed by atoms with van der Waals surface area (Å²) in [7, 11) is 0. The van der Waals surface area contributed by atoms with Crippen LogP contribution < -0.4 is 14.2 Å². The monoisotopic (exact) mass is 1220 g/mol. The van der Waals surface area contributed by atoms with Crippen LogP contribution >= 0.6 is 69.6 Å². The third kappa shape index (κ3) is 13.3. The lowest BCUT2D eigenvalue weighted by molar-refractivity contribution is 0.0954. The van der Waals surface area contributed by atoms with Gasteiger partial charge in [-0.15, -0.1) is 0 Å². The normalized spacial score (nSPS) is 17.4. The van der Waals surface area contributed by atoms with Crippen molar-refractivity contribution in [1.82, 2.24) is 0 Å². The Bertz CT molecular complexity index is 3920. The molecule has 3 atom stereocenters. The van der Waals surface area contributed by atoms with Crippen LogP contribution in [0.5, 0.6) is 34.5 Å². The Balaban J connectivity index is 0.000000139. The highest BCUT2D eigenvalue weighted by Crippen LogP contribution is 2.45. The maximum absolute atomic E-state index is 13.3. The van der Waals surface area contributed by atoms with E-state index >= 15 is 0 Å². The summed E-state index contributed by atoms with van der Waals surface area (Å²) in [6, 6.07) is 49.1. The molecule has 3 N–H and O–H groups in total. The molecule has 83 heavy (non-hydrogen) atoms. The van der Waals surface area contributed by atoms with Gasteiger partial charge >= 0.3 is 0 Å². The minimum Gasteiger partial charge on any atom is -0.508 e.